The number of aliphatic hydroxyl groups excluding tert-OH is 1. The van der Waals surface area contributed by atoms with Crippen molar-refractivity contribution in [1.82, 2.24) is 0 Å². The molecule has 4 nitrogen and oxygen atoms in total. The highest BCUT2D eigenvalue weighted by atomic mass is 16.5. The fourth-order valence-electron chi connectivity index (χ4n) is 5.15. The minimum Gasteiger partial charge on any atom is -0.512 e. The number of fused-ring (bicyclic) bond motifs is 1. The maximum atomic E-state index is 13.3. The van der Waals surface area contributed by atoms with E-state index < -0.39 is 5.92 Å². The van der Waals surface area contributed by atoms with E-state index in [1.807, 2.05) is 32.0 Å². The van der Waals surface area contributed by atoms with E-state index in [0.717, 1.165) is 11.1 Å². The van der Waals surface area contributed by atoms with Crippen LogP contribution in [0.1, 0.15) is 90.2 Å². The van der Waals surface area contributed by atoms with Crippen molar-refractivity contribution in [3.63, 3.8) is 0 Å². The minimum atomic E-state index is -0.544. The molecule has 2 aliphatic carbocycles. The summed E-state index contributed by atoms with van der Waals surface area (Å²) in [5, 5.41) is 11.0. The van der Waals surface area contributed by atoms with E-state index in [4.69, 9.17) is 4.74 Å². The van der Waals surface area contributed by atoms with Crippen LogP contribution in [-0.4, -0.2) is 16.7 Å². The molecule has 0 fully saturated rings. The highest BCUT2D eigenvalue weighted by Gasteiger charge is 2.46. The lowest BCUT2D eigenvalue weighted by Crippen LogP contribution is -2.36. The molecule has 4 heteroatoms. The predicted octanol–water partition coefficient (Wildman–Crippen LogP) is 6.13. The summed E-state index contributed by atoms with van der Waals surface area (Å²) in [6.45, 7) is 12.4. The molecule has 0 spiro atoms. The molecule has 1 aromatic carbocycles. The molecule has 1 heterocycles. The van der Waals surface area contributed by atoms with Crippen molar-refractivity contribution in [2.45, 2.75) is 79.1 Å². The Bertz CT molecular complexity index is 1000. The second-order valence-electron chi connectivity index (χ2n) is 11.1. The average molecular weight is 409 g/mol. The molecule has 0 saturated carbocycles. The van der Waals surface area contributed by atoms with Crippen molar-refractivity contribution in [3.05, 3.63) is 52.0 Å². The first kappa shape index (κ1) is 20.9. The van der Waals surface area contributed by atoms with Crippen molar-refractivity contribution in [3.8, 4) is 5.75 Å². The summed E-state index contributed by atoms with van der Waals surface area (Å²) in [6, 6.07) is 6.04. The molecule has 3 aliphatic rings. The van der Waals surface area contributed by atoms with Gasteiger partial charge in [-0.25, -0.2) is 0 Å². The lowest BCUT2D eigenvalue weighted by atomic mass is 9.66. The molecule has 1 aliphatic heterocycles. The molecular formula is C26H32O4. The van der Waals surface area contributed by atoms with Gasteiger partial charge in [-0.3, -0.25) is 9.59 Å². The standard InChI is InChI=1S/C26H32O4/c1-14(2)15-7-8-16-20(9-15)30-21-13-26(5,6)12-19(29)24(21)22(16)23-17(27)10-25(3,4)11-18(23)28/h7-9,14,22,27H,10-13H2,1-6H3. The van der Waals surface area contributed by atoms with Gasteiger partial charge in [0.15, 0.2) is 11.6 Å². The monoisotopic (exact) mass is 408 g/mol. The van der Waals surface area contributed by atoms with Gasteiger partial charge in [0, 0.05) is 42.4 Å². The molecule has 0 bridgehead atoms. The zero-order valence-corrected chi connectivity index (χ0v) is 18.9. The number of benzene rings is 1. The van der Waals surface area contributed by atoms with E-state index in [1.165, 1.54) is 0 Å². The summed E-state index contributed by atoms with van der Waals surface area (Å²) >= 11 is 0. The average Bonchev–Trinajstić information content (AvgIpc) is 2.57. The lowest BCUT2D eigenvalue weighted by molar-refractivity contribution is -0.119. The Balaban J connectivity index is 1.94. The number of ketones is 2. The van der Waals surface area contributed by atoms with Crippen LogP contribution < -0.4 is 4.74 Å². The van der Waals surface area contributed by atoms with Crippen LogP contribution in [0.15, 0.2) is 40.9 Å². The van der Waals surface area contributed by atoms with E-state index in [0.29, 0.717) is 54.3 Å². The summed E-state index contributed by atoms with van der Waals surface area (Å²) in [5.74, 6) is 1.22. The van der Waals surface area contributed by atoms with E-state index in [-0.39, 0.29) is 28.2 Å². The van der Waals surface area contributed by atoms with Crippen LogP contribution in [0.4, 0.5) is 0 Å². The lowest BCUT2D eigenvalue weighted by Gasteiger charge is -2.40. The normalized spacial score (nSPS) is 25.2. The van der Waals surface area contributed by atoms with Gasteiger partial charge in [0.2, 0.25) is 0 Å². The molecule has 0 radical (unpaired) electrons. The van der Waals surface area contributed by atoms with Crippen LogP contribution in [0.25, 0.3) is 0 Å². The van der Waals surface area contributed by atoms with Gasteiger partial charge in [-0.1, -0.05) is 53.7 Å². The van der Waals surface area contributed by atoms with E-state index in [1.54, 1.807) is 0 Å². The molecule has 0 saturated heterocycles. The van der Waals surface area contributed by atoms with Gasteiger partial charge in [-0.05, 0) is 28.4 Å². The number of allylic oxidation sites excluding steroid dienone is 4. The number of hydrogen-bond donors (Lipinski definition) is 1. The van der Waals surface area contributed by atoms with Gasteiger partial charge in [-0.15, -0.1) is 0 Å². The first-order valence-corrected chi connectivity index (χ1v) is 10.9. The number of Topliss-reactive ketones (excluding diaryl/α,β-unsaturated/α-hetero) is 2. The number of ether oxygens (including phenoxy) is 1. The Kier molecular flexibility index (Phi) is 4.76. The fourth-order valence-corrected chi connectivity index (χ4v) is 5.15. The summed E-state index contributed by atoms with van der Waals surface area (Å²) in [5.41, 5.74) is 2.43. The Labute approximate surface area is 179 Å². The molecule has 1 N–H and O–H groups in total. The Morgan fingerprint density at radius 2 is 1.53 bits per heavy atom. The van der Waals surface area contributed by atoms with Crippen molar-refractivity contribution >= 4 is 11.6 Å². The van der Waals surface area contributed by atoms with Crippen molar-refractivity contribution in [1.29, 1.82) is 0 Å². The van der Waals surface area contributed by atoms with Crippen LogP contribution in [0, 0.1) is 10.8 Å². The number of carbonyl (C=O) groups is 2. The largest absolute Gasteiger partial charge is 0.512 e. The Hall–Kier alpha value is -2.36. The van der Waals surface area contributed by atoms with E-state index in [9.17, 15) is 14.7 Å². The number of rotatable bonds is 2. The Morgan fingerprint density at radius 1 is 0.933 bits per heavy atom. The van der Waals surface area contributed by atoms with Gasteiger partial charge < -0.3 is 9.84 Å². The third kappa shape index (κ3) is 3.51. The molecule has 1 unspecified atom stereocenters. The summed E-state index contributed by atoms with van der Waals surface area (Å²) in [6.07, 6.45) is 1.86. The molecular weight excluding hydrogens is 376 g/mol. The molecule has 1 aromatic rings. The summed E-state index contributed by atoms with van der Waals surface area (Å²) < 4.78 is 6.31. The third-order valence-corrected chi connectivity index (χ3v) is 6.60. The van der Waals surface area contributed by atoms with Crippen molar-refractivity contribution in [2.24, 2.45) is 10.8 Å². The second-order valence-corrected chi connectivity index (χ2v) is 11.1. The maximum absolute atomic E-state index is 13.3. The predicted molar refractivity (Wildman–Crippen MR) is 117 cm³/mol. The van der Waals surface area contributed by atoms with E-state index in [2.05, 4.69) is 27.7 Å². The smallest absolute Gasteiger partial charge is 0.163 e. The van der Waals surface area contributed by atoms with Crippen LogP contribution in [0.3, 0.4) is 0 Å². The quantitative estimate of drug-likeness (QED) is 0.639. The molecule has 1 atom stereocenters. The van der Waals surface area contributed by atoms with E-state index >= 15 is 0 Å². The number of carbonyl (C=O) groups excluding carboxylic acids is 2. The zero-order chi connectivity index (χ0) is 22.0. The third-order valence-electron chi connectivity index (χ3n) is 6.60. The SMILES string of the molecule is CC(C)c1ccc2c(c1)OC1=C(C(=O)CC(C)(C)C1)C2C1=C(O)CC(C)(C)CC1=O. The van der Waals surface area contributed by atoms with Crippen LogP contribution in [-0.2, 0) is 9.59 Å². The minimum absolute atomic E-state index is 0.0165. The molecule has 30 heavy (non-hydrogen) atoms. The molecule has 0 amide bonds. The number of aliphatic hydroxyl groups is 1. The van der Waals surface area contributed by atoms with Crippen molar-refractivity contribution < 1.29 is 19.4 Å². The number of hydrogen-bond acceptors (Lipinski definition) is 4. The van der Waals surface area contributed by atoms with Gasteiger partial charge in [-0.2, -0.15) is 0 Å². The summed E-state index contributed by atoms with van der Waals surface area (Å²) in [7, 11) is 0. The van der Waals surface area contributed by atoms with Crippen LogP contribution in [0.5, 0.6) is 5.75 Å². The first-order valence-electron chi connectivity index (χ1n) is 10.9. The highest BCUT2D eigenvalue weighted by molar-refractivity contribution is 6.06. The molecule has 0 aromatic heterocycles. The Morgan fingerprint density at radius 3 is 2.13 bits per heavy atom. The van der Waals surface area contributed by atoms with Crippen molar-refractivity contribution in [2.75, 3.05) is 0 Å². The van der Waals surface area contributed by atoms with Gasteiger partial charge in [0.1, 0.15) is 17.3 Å². The fraction of sp³-hybridized carbons (Fsp3) is 0.538. The second kappa shape index (κ2) is 6.83. The zero-order valence-electron chi connectivity index (χ0n) is 18.9. The molecule has 160 valence electrons. The topological polar surface area (TPSA) is 63.6 Å². The highest BCUT2D eigenvalue weighted by Crippen LogP contribution is 2.53. The van der Waals surface area contributed by atoms with Crippen LogP contribution >= 0.6 is 0 Å². The maximum Gasteiger partial charge on any atom is 0.163 e. The van der Waals surface area contributed by atoms with Gasteiger partial charge in [0.05, 0.1) is 5.92 Å². The molecule has 4 rings (SSSR count). The van der Waals surface area contributed by atoms with Crippen LogP contribution in [0.2, 0.25) is 0 Å². The summed E-state index contributed by atoms with van der Waals surface area (Å²) in [4.78, 5) is 26.5. The van der Waals surface area contributed by atoms with Gasteiger partial charge in [0.25, 0.3) is 0 Å². The van der Waals surface area contributed by atoms with Gasteiger partial charge >= 0.3 is 0 Å². The first-order chi connectivity index (χ1) is 13.9.